The summed E-state index contributed by atoms with van der Waals surface area (Å²) in [5, 5.41) is 0. The van der Waals surface area contributed by atoms with E-state index in [9.17, 15) is 9.18 Å². The molecule has 0 unspecified atom stereocenters. The molecule has 1 saturated carbocycles. The quantitative estimate of drug-likeness (QED) is 0.749. The van der Waals surface area contributed by atoms with Gasteiger partial charge in [-0.05, 0) is 44.7 Å². The van der Waals surface area contributed by atoms with Crippen molar-refractivity contribution in [2.24, 2.45) is 0 Å². The van der Waals surface area contributed by atoms with Gasteiger partial charge in [-0.1, -0.05) is 12.1 Å². The van der Waals surface area contributed by atoms with E-state index in [2.05, 4.69) is 0 Å². The SMILES string of the molecule is CCOC1(C(=O)c2cccc(F)c2)CCCC1. The van der Waals surface area contributed by atoms with E-state index in [0.29, 0.717) is 12.2 Å². The molecule has 3 heteroatoms. The van der Waals surface area contributed by atoms with Gasteiger partial charge in [-0.3, -0.25) is 4.79 Å². The molecule has 0 bridgehead atoms. The highest BCUT2D eigenvalue weighted by Crippen LogP contribution is 2.36. The molecule has 0 saturated heterocycles. The number of carbonyl (C=O) groups is 1. The molecule has 0 N–H and O–H groups in total. The van der Waals surface area contributed by atoms with Crippen LogP contribution in [0.3, 0.4) is 0 Å². The average molecular weight is 236 g/mol. The summed E-state index contributed by atoms with van der Waals surface area (Å²) in [5.41, 5.74) is -0.289. The highest BCUT2D eigenvalue weighted by molar-refractivity contribution is 6.02. The third kappa shape index (κ3) is 2.39. The summed E-state index contributed by atoms with van der Waals surface area (Å²) in [6, 6.07) is 5.86. The number of ether oxygens (including phenoxy) is 1. The third-order valence-corrected chi connectivity index (χ3v) is 3.33. The number of carbonyl (C=O) groups excluding carboxylic acids is 1. The lowest BCUT2D eigenvalue weighted by Gasteiger charge is -2.27. The van der Waals surface area contributed by atoms with E-state index in [1.165, 1.54) is 12.1 Å². The number of Topliss-reactive ketones (excluding diaryl/α,β-unsaturated/α-hetero) is 1. The first-order chi connectivity index (χ1) is 8.18. The van der Waals surface area contributed by atoms with Crippen molar-refractivity contribution < 1.29 is 13.9 Å². The van der Waals surface area contributed by atoms with Gasteiger partial charge in [0.05, 0.1) is 0 Å². The van der Waals surface area contributed by atoms with E-state index in [1.807, 2.05) is 6.92 Å². The van der Waals surface area contributed by atoms with E-state index in [-0.39, 0.29) is 11.6 Å². The minimum Gasteiger partial charge on any atom is -0.367 e. The fourth-order valence-electron chi connectivity index (χ4n) is 2.55. The van der Waals surface area contributed by atoms with Gasteiger partial charge in [-0.15, -0.1) is 0 Å². The number of ketones is 1. The van der Waals surface area contributed by atoms with Crippen LogP contribution in [0.25, 0.3) is 0 Å². The highest BCUT2D eigenvalue weighted by Gasteiger charge is 2.42. The normalized spacial score (nSPS) is 18.2. The number of halogens is 1. The van der Waals surface area contributed by atoms with Crippen molar-refractivity contribution >= 4 is 5.78 Å². The molecule has 1 aromatic rings. The van der Waals surface area contributed by atoms with E-state index >= 15 is 0 Å². The van der Waals surface area contributed by atoms with Gasteiger partial charge in [0.15, 0.2) is 5.78 Å². The van der Waals surface area contributed by atoms with Crippen LogP contribution >= 0.6 is 0 Å². The summed E-state index contributed by atoms with van der Waals surface area (Å²) >= 11 is 0. The van der Waals surface area contributed by atoms with Crippen molar-refractivity contribution in [3.8, 4) is 0 Å². The van der Waals surface area contributed by atoms with Gasteiger partial charge in [0.25, 0.3) is 0 Å². The second-order valence-corrected chi connectivity index (χ2v) is 4.47. The zero-order chi connectivity index (χ0) is 12.3. The molecule has 1 aliphatic carbocycles. The molecule has 0 radical (unpaired) electrons. The van der Waals surface area contributed by atoms with Crippen LogP contribution in [-0.4, -0.2) is 18.0 Å². The zero-order valence-electron chi connectivity index (χ0n) is 10.0. The maximum absolute atomic E-state index is 13.1. The number of hydrogen-bond acceptors (Lipinski definition) is 2. The maximum atomic E-state index is 13.1. The van der Waals surface area contributed by atoms with Crippen molar-refractivity contribution in [2.45, 2.75) is 38.2 Å². The molecular weight excluding hydrogens is 219 g/mol. The van der Waals surface area contributed by atoms with Crippen molar-refractivity contribution in [3.05, 3.63) is 35.6 Å². The van der Waals surface area contributed by atoms with Crippen molar-refractivity contribution in [1.82, 2.24) is 0 Å². The Balaban J connectivity index is 2.28. The fourth-order valence-corrected chi connectivity index (χ4v) is 2.55. The molecule has 2 rings (SSSR count). The van der Waals surface area contributed by atoms with Gasteiger partial charge < -0.3 is 4.74 Å². The van der Waals surface area contributed by atoms with Gasteiger partial charge in [0.2, 0.25) is 0 Å². The lowest BCUT2D eigenvalue weighted by atomic mass is 9.91. The third-order valence-electron chi connectivity index (χ3n) is 3.33. The zero-order valence-corrected chi connectivity index (χ0v) is 10.0. The monoisotopic (exact) mass is 236 g/mol. The molecule has 0 heterocycles. The Bertz CT molecular complexity index is 408. The van der Waals surface area contributed by atoms with Crippen LogP contribution in [-0.2, 0) is 4.74 Å². The molecule has 0 atom stereocenters. The van der Waals surface area contributed by atoms with E-state index in [0.717, 1.165) is 25.7 Å². The van der Waals surface area contributed by atoms with Gasteiger partial charge in [-0.2, -0.15) is 0 Å². The summed E-state index contributed by atoms with van der Waals surface area (Å²) in [6.07, 6.45) is 3.49. The highest BCUT2D eigenvalue weighted by atomic mass is 19.1. The van der Waals surface area contributed by atoms with Gasteiger partial charge >= 0.3 is 0 Å². The van der Waals surface area contributed by atoms with Crippen LogP contribution < -0.4 is 0 Å². The number of benzene rings is 1. The average Bonchev–Trinajstić information content (AvgIpc) is 2.78. The molecular formula is C14H17FO2. The first-order valence-electron chi connectivity index (χ1n) is 6.12. The lowest BCUT2D eigenvalue weighted by Crippen LogP contribution is -2.39. The molecule has 17 heavy (non-hydrogen) atoms. The van der Waals surface area contributed by atoms with E-state index in [4.69, 9.17) is 4.74 Å². The molecule has 0 spiro atoms. The predicted molar refractivity (Wildman–Crippen MR) is 63.6 cm³/mol. The summed E-state index contributed by atoms with van der Waals surface area (Å²) in [5.74, 6) is -0.447. The van der Waals surface area contributed by atoms with Crippen LogP contribution in [0, 0.1) is 5.82 Å². The fraction of sp³-hybridized carbons (Fsp3) is 0.500. The Morgan fingerprint density at radius 2 is 2.12 bits per heavy atom. The lowest BCUT2D eigenvalue weighted by molar-refractivity contribution is -0.0163. The Morgan fingerprint density at radius 3 is 2.71 bits per heavy atom. The molecule has 0 aromatic heterocycles. The molecule has 2 nitrogen and oxygen atoms in total. The van der Waals surface area contributed by atoms with Crippen LogP contribution in [0.1, 0.15) is 43.0 Å². The Kier molecular flexibility index (Phi) is 3.57. The molecule has 1 aromatic carbocycles. The Morgan fingerprint density at radius 1 is 1.41 bits per heavy atom. The molecule has 1 aliphatic rings. The molecule has 92 valence electrons. The predicted octanol–water partition coefficient (Wildman–Crippen LogP) is 3.36. The maximum Gasteiger partial charge on any atom is 0.194 e. The molecule has 1 fully saturated rings. The van der Waals surface area contributed by atoms with Crippen molar-refractivity contribution in [2.75, 3.05) is 6.61 Å². The van der Waals surface area contributed by atoms with Crippen LogP contribution in [0.2, 0.25) is 0 Å². The Labute approximate surface area is 101 Å². The van der Waals surface area contributed by atoms with Crippen LogP contribution in [0.15, 0.2) is 24.3 Å². The first-order valence-corrected chi connectivity index (χ1v) is 6.12. The standard InChI is InChI=1S/C14H17FO2/c1-2-17-14(8-3-4-9-14)13(16)11-6-5-7-12(15)10-11/h5-7,10H,2-4,8-9H2,1H3. The number of rotatable bonds is 4. The summed E-state index contributed by atoms with van der Waals surface area (Å²) in [4.78, 5) is 12.4. The van der Waals surface area contributed by atoms with Gasteiger partial charge in [-0.25, -0.2) is 4.39 Å². The summed E-state index contributed by atoms with van der Waals surface area (Å²) < 4.78 is 18.8. The summed E-state index contributed by atoms with van der Waals surface area (Å²) in [7, 11) is 0. The second kappa shape index (κ2) is 4.96. The minimum absolute atomic E-state index is 0.0728. The van der Waals surface area contributed by atoms with E-state index < -0.39 is 5.60 Å². The van der Waals surface area contributed by atoms with E-state index in [1.54, 1.807) is 12.1 Å². The topological polar surface area (TPSA) is 26.3 Å². The largest absolute Gasteiger partial charge is 0.367 e. The molecule has 0 amide bonds. The second-order valence-electron chi connectivity index (χ2n) is 4.47. The smallest absolute Gasteiger partial charge is 0.194 e. The van der Waals surface area contributed by atoms with Gasteiger partial charge in [0, 0.05) is 12.2 Å². The van der Waals surface area contributed by atoms with Gasteiger partial charge in [0.1, 0.15) is 11.4 Å². The number of hydrogen-bond donors (Lipinski definition) is 0. The van der Waals surface area contributed by atoms with Crippen molar-refractivity contribution in [1.29, 1.82) is 0 Å². The summed E-state index contributed by atoms with van der Waals surface area (Å²) in [6.45, 7) is 2.40. The Hall–Kier alpha value is -1.22. The van der Waals surface area contributed by atoms with Crippen LogP contribution in [0.4, 0.5) is 4.39 Å². The molecule has 0 aliphatic heterocycles. The van der Waals surface area contributed by atoms with Crippen LogP contribution in [0.5, 0.6) is 0 Å². The first kappa shape index (κ1) is 12.2. The minimum atomic E-state index is -0.706. The van der Waals surface area contributed by atoms with Crippen molar-refractivity contribution in [3.63, 3.8) is 0 Å².